The first-order chi connectivity index (χ1) is 11.6. The van der Waals surface area contributed by atoms with Gasteiger partial charge < -0.3 is 4.90 Å². The number of pyridine rings is 1. The largest absolute Gasteiger partial charge is 0.308 e. The van der Waals surface area contributed by atoms with Crippen LogP contribution in [0.25, 0.3) is 5.69 Å². The van der Waals surface area contributed by atoms with Crippen molar-refractivity contribution < 1.29 is 4.79 Å². The Morgan fingerprint density at radius 3 is 2.83 bits per heavy atom. The first-order valence-electron chi connectivity index (χ1n) is 8.09. The molecule has 7 heteroatoms. The van der Waals surface area contributed by atoms with Crippen molar-refractivity contribution in [3.63, 3.8) is 0 Å². The number of anilines is 1. The molecule has 0 aliphatic heterocycles. The van der Waals surface area contributed by atoms with Gasteiger partial charge >= 0.3 is 0 Å². The van der Waals surface area contributed by atoms with E-state index in [2.05, 4.69) is 16.3 Å². The van der Waals surface area contributed by atoms with Crippen LogP contribution in [0.1, 0.15) is 32.6 Å². The van der Waals surface area contributed by atoms with Crippen molar-refractivity contribution in [3.8, 4) is 5.69 Å². The minimum absolute atomic E-state index is 0.107. The maximum absolute atomic E-state index is 12.8. The van der Waals surface area contributed by atoms with Gasteiger partial charge in [-0.2, -0.15) is 16.9 Å². The first kappa shape index (κ1) is 17.3. The molecule has 0 aromatic carbocycles. The van der Waals surface area contributed by atoms with Crippen LogP contribution in [0.4, 0.5) is 5.69 Å². The Morgan fingerprint density at radius 2 is 2.29 bits per heavy atom. The fourth-order valence-corrected chi connectivity index (χ4v) is 4.22. The number of halogens is 1. The quantitative estimate of drug-likeness (QED) is 0.778. The van der Waals surface area contributed by atoms with Crippen molar-refractivity contribution in [2.75, 3.05) is 17.7 Å². The van der Waals surface area contributed by atoms with Crippen molar-refractivity contribution in [1.82, 2.24) is 14.8 Å². The number of thioether (sulfide) groups is 1. The number of carbonyl (C=O) groups excluding carboxylic acids is 1. The molecule has 5 nitrogen and oxygen atoms in total. The molecular formula is C17H21ClN4OS. The Hall–Kier alpha value is -1.53. The van der Waals surface area contributed by atoms with Gasteiger partial charge in [-0.1, -0.05) is 18.0 Å². The lowest BCUT2D eigenvalue weighted by Crippen LogP contribution is -2.41. The number of nitrogens with zero attached hydrogens (tertiary/aromatic N) is 4. The Kier molecular flexibility index (Phi) is 5.15. The molecule has 3 rings (SSSR count). The van der Waals surface area contributed by atoms with Gasteiger partial charge in [0.1, 0.15) is 5.69 Å². The SMILES string of the molecule is CCN(C(=O)CC1(SC)CCC1)c1cn(-c2cccnc2)nc1Cl. The van der Waals surface area contributed by atoms with E-state index in [1.807, 2.05) is 30.8 Å². The van der Waals surface area contributed by atoms with Gasteiger partial charge in [-0.25, -0.2) is 4.68 Å². The summed E-state index contributed by atoms with van der Waals surface area (Å²) >= 11 is 8.12. The molecule has 0 radical (unpaired) electrons. The second kappa shape index (κ2) is 7.15. The lowest BCUT2D eigenvalue weighted by atomic mass is 9.81. The molecule has 0 bridgehead atoms. The Labute approximate surface area is 151 Å². The normalized spacial score (nSPS) is 15.8. The molecule has 1 aliphatic rings. The summed E-state index contributed by atoms with van der Waals surface area (Å²) in [6.45, 7) is 2.53. The zero-order valence-corrected chi connectivity index (χ0v) is 15.5. The van der Waals surface area contributed by atoms with E-state index in [-0.39, 0.29) is 10.7 Å². The van der Waals surface area contributed by atoms with Crippen molar-refractivity contribution in [2.45, 2.75) is 37.4 Å². The van der Waals surface area contributed by atoms with Gasteiger partial charge in [-0.3, -0.25) is 9.78 Å². The van der Waals surface area contributed by atoms with Crippen LogP contribution in [-0.2, 0) is 4.79 Å². The van der Waals surface area contributed by atoms with E-state index in [1.165, 1.54) is 6.42 Å². The molecule has 2 aromatic rings. The summed E-state index contributed by atoms with van der Waals surface area (Å²) in [5, 5.41) is 4.66. The summed E-state index contributed by atoms with van der Waals surface area (Å²) in [6, 6.07) is 3.74. The minimum atomic E-state index is 0.107. The Balaban J connectivity index is 1.83. The number of amides is 1. The van der Waals surface area contributed by atoms with Gasteiger partial charge in [0.15, 0.2) is 5.15 Å². The van der Waals surface area contributed by atoms with Gasteiger partial charge in [-0.15, -0.1) is 0 Å². The highest BCUT2D eigenvalue weighted by Gasteiger charge is 2.39. The van der Waals surface area contributed by atoms with E-state index in [4.69, 9.17) is 11.6 Å². The van der Waals surface area contributed by atoms with Crippen LogP contribution in [0, 0.1) is 0 Å². The van der Waals surface area contributed by atoms with Crippen molar-refractivity contribution in [2.24, 2.45) is 0 Å². The highest BCUT2D eigenvalue weighted by molar-refractivity contribution is 8.00. The maximum atomic E-state index is 12.8. The van der Waals surface area contributed by atoms with Crippen molar-refractivity contribution in [3.05, 3.63) is 35.9 Å². The first-order valence-corrected chi connectivity index (χ1v) is 9.70. The second-order valence-corrected chi connectivity index (χ2v) is 7.65. The van der Waals surface area contributed by atoms with Crippen LogP contribution < -0.4 is 4.90 Å². The minimum Gasteiger partial charge on any atom is -0.308 e. The molecule has 128 valence electrons. The molecule has 2 heterocycles. The zero-order valence-electron chi connectivity index (χ0n) is 13.9. The summed E-state index contributed by atoms with van der Waals surface area (Å²) in [5.41, 5.74) is 1.47. The third-order valence-electron chi connectivity index (χ3n) is 4.64. The summed E-state index contributed by atoms with van der Waals surface area (Å²) in [5.74, 6) is 0.110. The van der Waals surface area contributed by atoms with Crippen LogP contribution in [0.5, 0.6) is 0 Å². The fraction of sp³-hybridized carbons (Fsp3) is 0.471. The lowest BCUT2D eigenvalue weighted by molar-refractivity contribution is -0.119. The summed E-state index contributed by atoms with van der Waals surface area (Å²) < 4.78 is 1.77. The van der Waals surface area contributed by atoms with E-state index in [0.717, 1.165) is 18.5 Å². The van der Waals surface area contributed by atoms with E-state index in [9.17, 15) is 4.79 Å². The lowest BCUT2D eigenvalue weighted by Gasteiger charge is -2.40. The van der Waals surface area contributed by atoms with Gasteiger partial charge in [0.25, 0.3) is 0 Å². The standard InChI is InChI=1S/C17H21ClN4OS/c1-3-21(15(23)10-17(24-2)7-5-8-17)14-12-22(20-16(14)18)13-6-4-9-19-11-13/h4,6,9,11-12H,3,5,7-8,10H2,1-2H3. The number of aromatic nitrogens is 3. The third kappa shape index (κ3) is 3.30. The highest BCUT2D eigenvalue weighted by atomic mass is 35.5. The predicted octanol–water partition coefficient (Wildman–Crippen LogP) is 3.95. The molecule has 0 N–H and O–H groups in total. The third-order valence-corrected chi connectivity index (χ3v) is 6.33. The molecule has 24 heavy (non-hydrogen) atoms. The number of hydrogen-bond donors (Lipinski definition) is 0. The van der Waals surface area contributed by atoms with Crippen LogP contribution in [0.2, 0.25) is 5.15 Å². The van der Waals surface area contributed by atoms with Gasteiger partial charge in [0.05, 0.1) is 18.1 Å². The van der Waals surface area contributed by atoms with Gasteiger partial charge in [-0.05, 0) is 38.2 Å². The zero-order chi connectivity index (χ0) is 17.2. The molecular weight excluding hydrogens is 344 g/mol. The molecule has 1 saturated carbocycles. The monoisotopic (exact) mass is 364 g/mol. The average molecular weight is 365 g/mol. The van der Waals surface area contributed by atoms with E-state index in [0.29, 0.717) is 23.8 Å². The Bertz CT molecular complexity index is 709. The molecule has 1 aliphatic carbocycles. The molecule has 1 fully saturated rings. The molecule has 0 saturated heterocycles. The second-order valence-electron chi connectivity index (χ2n) is 6.02. The molecule has 0 atom stereocenters. The summed E-state index contributed by atoms with van der Waals surface area (Å²) in [7, 11) is 0. The van der Waals surface area contributed by atoms with Crippen molar-refractivity contribution >= 4 is 35.0 Å². The molecule has 0 unspecified atom stereocenters. The summed E-state index contributed by atoms with van der Waals surface area (Å²) in [4.78, 5) is 18.7. The average Bonchev–Trinajstić information content (AvgIpc) is 2.94. The topological polar surface area (TPSA) is 51.0 Å². The van der Waals surface area contributed by atoms with Gasteiger partial charge in [0, 0.05) is 23.9 Å². The van der Waals surface area contributed by atoms with Gasteiger partial charge in [0.2, 0.25) is 5.91 Å². The molecule has 1 amide bonds. The van der Waals surface area contributed by atoms with Crippen LogP contribution >= 0.6 is 23.4 Å². The summed E-state index contributed by atoms with van der Waals surface area (Å²) in [6.07, 6.45) is 11.3. The molecule has 2 aromatic heterocycles. The smallest absolute Gasteiger partial charge is 0.228 e. The van der Waals surface area contributed by atoms with E-state index in [1.54, 1.807) is 28.2 Å². The number of carbonyl (C=O) groups is 1. The number of hydrogen-bond acceptors (Lipinski definition) is 4. The van der Waals surface area contributed by atoms with Crippen LogP contribution in [-0.4, -0.2) is 38.2 Å². The predicted molar refractivity (Wildman–Crippen MR) is 99.1 cm³/mol. The fourth-order valence-electron chi connectivity index (χ4n) is 3.02. The van der Waals surface area contributed by atoms with Crippen LogP contribution in [0.15, 0.2) is 30.7 Å². The number of rotatable bonds is 6. The van der Waals surface area contributed by atoms with E-state index >= 15 is 0 Å². The maximum Gasteiger partial charge on any atom is 0.228 e. The Morgan fingerprint density at radius 1 is 1.50 bits per heavy atom. The van der Waals surface area contributed by atoms with Crippen LogP contribution in [0.3, 0.4) is 0 Å². The highest BCUT2D eigenvalue weighted by Crippen LogP contribution is 2.46. The molecule has 0 spiro atoms. The van der Waals surface area contributed by atoms with Crippen molar-refractivity contribution in [1.29, 1.82) is 0 Å². The van der Waals surface area contributed by atoms with E-state index < -0.39 is 0 Å².